The van der Waals surface area contributed by atoms with Crippen molar-refractivity contribution in [3.05, 3.63) is 35.5 Å². The zero-order valence-electron chi connectivity index (χ0n) is 20.6. The molecule has 180 valence electrons. The van der Waals surface area contributed by atoms with E-state index in [0.29, 0.717) is 12.0 Å². The molecule has 0 radical (unpaired) electrons. The zero-order chi connectivity index (χ0) is 23.5. The highest BCUT2D eigenvalue weighted by atomic mass is 16.2. The molecule has 7 heteroatoms. The standard InChI is InChI=1S/C26H39N5O2/c1-5-28(6-2)26(33)31-11-9-20(10-12-31)23-18-27-24-17-21(7-8-22(23)24)25(32)30-15-13-29(14-16-30)19(3)4/h7-8,17-20,27H,5-6,9-16H2,1-4H3. The third kappa shape index (κ3) is 4.88. The Labute approximate surface area is 197 Å². The molecule has 3 amide bonds. The number of likely N-dealkylation sites (tertiary alicyclic amines) is 1. The van der Waals surface area contributed by atoms with Crippen LogP contribution in [-0.2, 0) is 0 Å². The monoisotopic (exact) mass is 453 g/mol. The summed E-state index contributed by atoms with van der Waals surface area (Å²) >= 11 is 0. The van der Waals surface area contributed by atoms with Gasteiger partial charge in [-0.05, 0) is 64.2 Å². The maximum absolute atomic E-state index is 13.1. The maximum atomic E-state index is 13.1. The lowest BCUT2D eigenvalue weighted by Gasteiger charge is -2.37. The number of hydrogen-bond donors (Lipinski definition) is 1. The van der Waals surface area contributed by atoms with E-state index in [1.807, 2.05) is 40.7 Å². The topological polar surface area (TPSA) is 62.9 Å². The van der Waals surface area contributed by atoms with Crippen LogP contribution < -0.4 is 0 Å². The Kier molecular flexibility index (Phi) is 7.27. The van der Waals surface area contributed by atoms with Crippen LogP contribution in [0.3, 0.4) is 0 Å². The molecule has 2 aliphatic rings. The number of fused-ring (bicyclic) bond motifs is 1. The van der Waals surface area contributed by atoms with E-state index in [1.54, 1.807) is 0 Å². The van der Waals surface area contributed by atoms with Crippen LogP contribution in [0.5, 0.6) is 0 Å². The van der Waals surface area contributed by atoms with Crippen molar-refractivity contribution < 1.29 is 9.59 Å². The molecular formula is C26H39N5O2. The molecule has 0 unspecified atom stereocenters. The molecule has 0 atom stereocenters. The van der Waals surface area contributed by atoms with Gasteiger partial charge in [0.05, 0.1) is 0 Å². The number of aromatic amines is 1. The fourth-order valence-electron chi connectivity index (χ4n) is 5.32. The van der Waals surface area contributed by atoms with E-state index >= 15 is 0 Å². The van der Waals surface area contributed by atoms with E-state index in [9.17, 15) is 9.59 Å². The van der Waals surface area contributed by atoms with E-state index in [-0.39, 0.29) is 11.9 Å². The van der Waals surface area contributed by atoms with Gasteiger partial charge in [0.15, 0.2) is 0 Å². The lowest BCUT2D eigenvalue weighted by atomic mass is 9.89. The van der Waals surface area contributed by atoms with Gasteiger partial charge < -0.3 is 19.7 Å². The highest BCUT2D eigenvalue weighted by molar-refractivity contribution is 5.98. The van der Waals surface area contributed by atoms with E-state index in [4.69, 9.17) is 0 Å². The first-order valence-electron chi connectivity index (χ1n) is 12.6. The molecular weight excluding hydrogens is 414 g/mol. The molecule has 2 fully saturated rings. The Bertz CT molecular complexity index is 964. The van der Waals surface area contributed by atoms with Crippen LogP contribution in [0.1, 0.15) is 62.4 Å². The van der Waals surface area contributed by atoms with E-state index < -0.39 is 0 Å². The van der Waals surface area contributed by atoms with Crippen molar-refractivity contribution in [2.24, 2.45) is 0 Å². The maximum Gasteiger partial charge on any atom is 0.319 e. The lowest BCUT2D eigenvalue weighted by molar-refractivity contribution is 0.0595. The normalized spacial score (nSPS) is 18.3. The fraction of sp³-hybridized carbons (Fsp3) is 0.615. The number of piperazine rings is 1. The van der Waals surface area contributed by atoms with Crippen molar-refractivity contribution in [3.8, 4) is 0 Å². The molecule has 7 nitrogen and oxygen atoms in total. The van der Waals surface area contributed by atoms with Gasteiger partial charge in [0.2, 0.25) is 0 Å². The number of hydrogen-bond acceptors (Lipinski definition) is 3. The van der Waals surface area contributed by atoms with Gasteiger partial charge in [-0.15, -0.1) is 0 Å². The molecule has 2 aliphatic heterocycles. The summed E-state index contributed by atoms with van der Waals surface area (Å²) in [5, 5.41) is 1.20. The first-order valence-corrected chi connectivity index (χ1v) is 12.6. The Morgan fingerprint density at radius 1 is 1.00 bits per heavy atom. The Balaban J connectivity index is 1.41. The quantitative estimate of drug-likeness (QED) is 0.745. The summed E-state index contributed by atoms with van der Waals surface area (Å²) in [5.74, 6) is 0.560. The second kappa shape index (κ2) is 10.2. The van der Waals surface area contributed by atoms with Gasteiger partial charge in [-0.2, -0.15) is 0 Å². The third-order valence-corrected chi connectivity index (χ3v) is 7.53. The molecule has 3 heterocycles. The predicted molar refractivity (Wildman–Crippen MR) is 133 cm³/mol. The first-order chi connectivity index (χ1) is 15.9. The number of nitrogens with one attached hydrogen (secondary N) is 1. The van der Waals surface area contributed by atoms with Crippen molar-refractivity contribution in [2.75, 3.05) is 52.4 Å². The molecule has 2 saturated heterocycles. The second-order valence-corrected chi connectivity index (χ2v) is 9.64. The fourth-order valence-corrected chi connectivity index (χ4v) is 5.32. The average molecular weight is 454 g/mol. The number of rotatable bonds is 5. The number of carbonyl (C=O) groups is 2. The van der Waals surface area contributed by atoms with Crippen molar-refractivity contribution in [1.82, 2.24) is 24.6 Å². The van der Waals surface area contributed by atoms with E-state index in [0.717, 1.165) is 76.3 Å². The van der Waals surface area contributed by atoms with Crippen LogP contribution in [0.25, 0.3) is 10.9 Å². The highest BCUT2D eigenvalue weighted by Crippen LogP contribution is 2.34. The van der Waals surface area contributed by atoms with Gasteiger partial charge in [-0.1, -0.05) is 6.07 Å². The molecule has 4 rings (SSSR count). The molecule has 0 bridgehead atoms. The van der Waals surface area contributed by atoms with Gasteiger partial charge in [-0.3, -0.25) is 9.69 Å². The summed E-state index contributed by atoms with van der Waals surface area (Å²) in [5.41, 5.74) is 3.09. The van der Waals surface area contributed by atoms with E-state index in [2.05, 4.69) is 36.0 Å². The first kappa shape index (κ1) is 23.6. The van der Waals surface area contributed by atoms with Crippen LogP contribution in [-0.4, -0.2) is 94.9 Å². The molecule has 2 aromatic rings. The second-order valence-electron chi connectivity index (χ2n) is 9.64. The molecule has 1 N–H and O–H groups in total. The van der Waals surface area contributed by atoms with Crippen molar-refractivity contribution in [1.29, 1.82) is 0 Å². The Morgan fingerprint density at radius 2 is 1.67 bits per heavy atom. The Hall–Kier alpha value is -2.54. The number of H-pyrrole nitrogens is 1. The van der Waals surface area contributed by atoms with Crippen molar-refractivity contribution in [3.63, 3.8) is 0 Å². The molecule has 0 aliphatic carbocycles. The minimum atomic E-state index is 0.125. The number of benzene rings is 1. The van der Waals surface area contributed by atoms with Crippen LogP contribution in [0.15, 0.2) is 24.4 Å². The van der Waals surface area contributed by atoms with Crippen LogP contribution in [0.2, 0.25) is 0 Å². The van der Waals surface area contributed by atoms with Gasteiger partial charge in [0.25, 0.3) is 5.91 Å². The lowest BCUT2D eigenvalue weighted by Crippen LogP contribution is -2.50. The van der Waals surface area contributed by atoms with Gasteiger partial charge in [0, 0.05) is 81.1 Å². The summed E-state index contributed by atoms with van der Waals surface area (Å²) < 4.78 is 0. The number of carbonyl (C=O) groups excluding carboxylic acids is 2. The molecule has 1 aromatic carbocycles. The smallest absolute Gasteiger partial charge is 0.319 e. The molecule has 0 saturated carbocycles. The number of urea groups is 1. The minimum absolute atomic E-state index is 0.125. The van der Waals surface area contributed by atoms with Crippen LogP contribution in [0.4, 0.5) is 4.79 Å². The minimum Gasteiger partial charge on any atom is -0.361 e. The van der Waals surface area contributed by atoms with Gasteiger partial charge >= 0.3 is 6.03 Å². The van der Waals surface area contributed by atoms with Gasteiger partial charge in [-0.25, -0.2) is 4.79 Å². The summed E-state index contributed by atoms with van der Waals surface area (Å²) in [7, 11) is 0. The van der Waals surface area contributed by atoms with Crippen molar-refractivity contribution in [2.45, 2.75) is 52.5 Å². The summed E-state index contributed by atoms with van der Waals surface area (Å²) in [6.07, 6.45) is 4.05. The average Bonchev–Trinajstić information content (AvgIpc) is 3.27. The predicted octanol–water partition coefficient (Wildman–Crippen LogP) is 3.98. The zero-order valence-corrected chi connectivity index (χ0v) is 20.6. The number of aromatic nitrogens is 1. The van der Waals surface area contributed by atoms with Gasteiger partial charge in [0.1, 0.15) is 0 Å². The molecule has 0 spiro atoms. The van der Waals surface area contributed by atoms with E-state index in [1.165, 1.54) is 10.9 Å². The van der Waals surface area contributed by atoms with Crippen LogP contribution >= 0.6 is 0 Å². The third-order valence-electron chi connectivity index (χ3n) is 7.53. The number of nitrogens with zero attached hydrogens (tertiary/aromatic N) is 4. The summed E-state index contributed by atoms with van der Waals surface area (Å²) in [4.78, 5) is 37.4. The molecule has 33 heavy (non-hydrogen) atoms. The number of amides is 3. The highest BCUT2D eigenvalue weighted by Gasteiger charge is 2.28. The van der Waals surface area contributed by atoms with Crippen molar-refractivity contribution >= 4 is 22.8 Å². The largest absolute Gasteiger partial charge is 0.361 e. The summed E-state index contributed by atoms with van der Waals surface area (Å²) in [6.45, 7) is 15.0. The SMILES string of the molecule is CCN(CC)C(=O)N1CCC(c2c[nH]c3cc(C(=O)N4CCN(C(C)C)CC4)ccc23)CC1. The summed E-state index contributed by atoms with van der Waals surface area (Å²) in [6, 6.07) is 6.78. The molecule has 1 aromatic heterocycles. The van der Waals surface area contributed by atoms with Crippen LogP contribution in [0, 0.1) is 0 Å². The number of piperidine rings is 1. The Morgan fingerprint density at radius 3 is 2.27 bits per heavy atom.